The molecule has 27 heavy (non-hydrogen) atoms. The lowest BCUT2D eigenvalue weighted by atomic mass is 9.82. The predicted octanol–water partition coefficient (Wildman–Crippen LogP) is 2.28. The van der Waals surface area contributed by atoms with E-state index in [-0.39, 0.29) is 11.1 Å². The third kappa shape index (κ3) is 4.18. The van der Waals surface area contributed by atoms with Crippen LogP contribution >= 0.6 is 0 Å². The van der Waals surface area contributed by atoms with Gasteiger partial charge >= 0.3 is 0 Å². The van der Waals surface area contributed by atoms with Crippen LogP contribution in [0.15, 0.2) is 36.4 Å². The summed E-state index contributed by atoms with van der Waals surface area (Å²) in [7, 11) is 0. The molecule has 2 atom stereocenters. The second-order valence-electron chi connectivity index (χ2n) is 7.40. The summed E-state index contributed by atoms with van der Waals surface area (Å²) in [4.78, 5) is 25.3. The van der Waals surface area contributed by atoms with Gasteiger partial charge in [-0.1, -0.05) is 62.4 Å². The van der Waals surface area contributed by atoms with E-state index in [0.29, 0.717) is 17.7 Å². The third-order valence-corrected chi connectivity index (χ3v) is 5.56. The summed E-state index contributed by atoms with van der Waals surface area (Å²) >= 11 is 0. The summed E-state index contributed by atoms with van der Waals surface area (Å²) in [5.74, 6) is 4.61. The highest BCUT2D eigenvalue weighted by atomic mass is 16.3. The molecular weight excluding hydrogens is 342 g/mol. The maximum absolute atomic E-state index is 13.1. The molecule has 0 saturated heterocycles. The number of benzene rings is 2. The standard InChI is InChI=1S/C21H27N3O3/c22-17(12-13-6-2-1-3-7-13)19(25)20(26)18-15-9-5-4-8-14(15)10-11-16(18)21(27)24-23/h4-5,8-11,13,17,19,25H,1-3,6-7,12,22-23H2,(H,24,27)/t17-,19?/m1/s1. The monoisotopic (exact) mass is 369 g/mol. The number of nitrogens with two attached hydrogens (primary N) is 2. The molecule has 144 valence electrons. The number of aliphatic hydroxyl groups excluding tert-OH is 1. The lowest BCUT2D eigenvalue weighted by molar-refractivity contribution is 0.0662. The van der Waals surface area contributed by atoms with E-state index in [1.54, 1.807) is 24.3 Å². The van der Waals surface area contributed by atoms with Crippen molar-refractivity contribution in [2.45, 2.75) is 50.7 Å². The lowest BCUT2D eigenvalue weighted by Crippen LogP contribution is -2.43. The summed E-state index contributed by atoms with van der Waals surface area (Å²) in [6.45, 7) is 0. The molecule has 3 rings (SSSR count). The molecule has 1 aliphatic rings. The van der Waals surface area contributed by atoms with Crippen LogP contribution in [0.25, 0.3) is 10.8 Å². The number of Topliss-reactive ketones (excluding diaryl/α,β-unsaturated/α-hetero) is 1. The Bertz CT molecular complexity index is 831. The SMILES string of the molecule is NNC(=O)c1ccc2ccccc2c1C(=O)C(O)[C@H](N)CC1CCCCC1. The van der Waals surface area contributed by atoms with E-state index >= 15 is 0 Å². The Labute approximate surface area is 158 Å². The number of carbonyl (C=O) groups excluding carboxylic acids is 2. The van der Waals surface area contributed by atoms with Crippen LogP contribution in [-0.4, -0.2) is 28.9 Å². The highest BCUT2D eigenvalue weighted by Gasteiger charge is 2.30. The number of ketones is 1. The van der Waals surface area contributed by atoms with Gasteiger partial charge in [0.15, 0.2) is 5.78 Å². The van der Waals surface area contributed by atoms with Crippen molar-refractivity contribution in [3.05, 3.63) is 47.5 Å². The Balaban J connectivity index is 1.92. The van der Waals surface area contributed by atoms with Crippen LogP contribution in [0.2, 0.25) is 0 Å². The van der Waals surface area contributed by atoms with Crippen molar-refractivity contribution in [2.75, 3.05) is 0 Å². The first-order chi connectivity index (χ1) is 13.0. The second kappa shape index (κ2) is 8.61. The van der Waals surface area contributed by atoms with Crippen LogP contribution in [0.3, 0.4) is 0 Å². The minimum absolute atomic E-state index is 0.144. The number of hydrogen-bond acceptors (Lipinski definition) is 5. The van der Waals surface area contributed by atoms with Crippen molar-refractivity contribution < 1.29 is 14.7 Å². The normalized spacial score (nSPS) is 17.4. The number of rotatable bonds is 6. The summed E-state index contributed by atoms with van der Waals surface area (Å²) in [5.41, 5.74) is 8.58. The number of amides is 1. The number of fused-ring (bicyclic) bond motifs is 1. The Morgan fingerprint density at radius 2 is 1.81 bits per heavy atom. The molecule has 0 bridgehead atoms. The molecule has 6 nitrogen and oxygen atoms in total. The highest BCUT2D eigenvalue weighted by Crippen LogP contribution is 2.29. The summed E-state index contributed by atoms with van der Waals surface area (Å²) in [6.07, 6.45) is 5.00. The van der Waals surface area contributed by atoms with Crippen molar-refractivity contribution >= 4 is 22.5 Å². The molecule has 1 unspecified atom stereocenters. The fourth-order valence-electron chi connectivity index (χ4n) is 4.08. The van der Waals surface area contributed by atoms with Gasteiger partial charge in [0.2, 0.25) is 0 Å². The smallest absolute Gasteiger partial charge is 0.265 e. The molecule has 1 aliphatic carbocycles. The fourth-order valence-corrected chi connectivity index (χ4v) is 4.08. The number of hydrogen-bond donors (Lipinski definition) is 4. The van der Waals surface area contributed by atoms with Crippen LogP contribution in [0, 0.1) is 5.92 Å². The van der Waals surface area contributed by atoms with Gasteiger partial charge in [-0.05, 0) is 29.2 Å². The van der Waals surface area contributed by atoms with E-state index in [4.69, 9.17) is 11.6 Å². The molecule has 0 aromatic heterocycles. The van der Waals surface area contributed by atoms with Gasteiger partial charge in [0.25, 0.3) is 5.91 Å². The zero-order valence-electron chi connectivity index (χ0n) is 15.4. The summed E-state index contributed by atoms with van der Waals surface area (Å²) in [5, 5.41) is 12.1. The highest BCUT2D eigenvalue weighted by molar-refractivity contribution is 6.17. The number of hydrazine groups is 1. The van der Waals surface area contributed by atoms with Crippen molar-refractivity contribution in [1.29, 1.82) is 0 Å². The van der Waals surface area contributed by atoms with Crippen molar-refractivity contribution in [2.24, 2.45) is 17.5 Å². The van der Waals surface area contributed by atoms with Crippen LogP contribution < -0.4 is 17.0 Å². The van der Waals surface area contributed by atoms with Gasteiger partial charge in [-0.2, -0.15) is 0 Å². The first-order valence-electron chi connectivity index (χ1n) is 9.53. The van der Waals surface area contributed by atoms with E-state index < -0.39 is 23.8 Å². The molecule has 0 radical (unpaired) electrons. The minimum atomic E-state index is -1.36. The topological polar surface area (TPSA) is 118 Å². The van der Waals surface area contributed by atoms with E-state index in [2.05, 4.69) is 5.43 Å². The molecule has 6 N–H and O–H groups in total. The average Bonchev–Trinajstić information content (AvgIpc) is 2.71. The molecular formula is C21H27N3O3. The number of nitrogens with one attached hydrogen (secondary N) is 1. The number of carbonyl (C=O) groups is 2. The van der Waals surface area contributed by atoms with Crippen molar-refractivity contribution in [3.8, 4) is 0 Å². The summed E-state index contributed by atoms with van der Waals surface area (Å²) < 4.78 is 0. The van der Waals surface area contributed by atoms with E-state index in [0.717, 1.165) is 18.2 Å². The fraction of sp³-hybridized carbons (Fsp3) is 0.429. The Hall–Kier alpha value is -2.28. The molecule has 1 fully saturated rings. The molecule has 0 heterocycles. The van der Waals surface area contributed by atoms with Gasteiger partial charge in [-0.3, -0.25) is 15.0 Å². The zero-order chi connectivity index (χ0) is 19.4. The molecule has 1 saturated carbocycles. The molecule has 0 spiro atoms. The van der Waals surface area contributed by atoms with Gasteiger partial charge in [-0.25, -0.2) is 5.84 Å². The Morgan fingerprint density at radius 1 is 1.11 bits per heavy atom. The van der Waals surface area contributed by atoms with E-state index in [1.165, 1.54) is 19.3 Å². The van der Waals surface area contributed by atoms with Gasteiger partial charge in [0.1, 0.15) is 6.10 Å². The van der Waals surface area contributed by atoms with Crippen LogP contribution in [0.4, 0.5) is 0 Å². The van der Waals surface area contributed by atoms with Crippen LogP contribution in [0.1, 0.15) is 59.2 Å². The Morgan fingerprint density at radius 3 is 2.52 bits per heavy atom. The first kappa shape index (κ1) is 19.5. The maximum atomic E-state index is 13.1. The molecule has 0 aliphatic heterocycles. The molecule has 6 heteroatoms. The zero-order valence-corrected chi connectivity index (χ0v) is 15.4. The number of aliphatic hydroxyl groups is 1. The van der Waals surface area contributed by atoms with Crippen molar-refractivity contribution in [1.82, 2.24) is 5.43 Å². The molecule has 1 amide bonds. The second-order valence-corrected chi connectivity index (χ2v) is 7.40. The maximum Gasteiger partial charge on any atom is 0.265 e. The first-order valence-corrected chi connectivity index (χ1v) is 9.53. The largest absolute Gasteiger partial charge is 0.383 e. The lowest BCUT2D eigenvalue weighted by Gasteiger charge is -2.27. The van der Waals surface area contributed by atoms with Crippen molar-refractivity contribution in [3.63, 3.8) is 0 Å². The molecule has 2 aromatic carbocycles. The molecule has 2 aromatic rings. The van der Waals surface area contributed by atoms with Gasteiger partial charge in [-0.15, -0.1) is 0 Å². The summed E-state index contributed by atoms with van der Waals surface area (Å²) in [6, 6.07) is 9.90. The minimum Gasteiger partial charge on any atom is -0.383 e. The number of nitrogen functional groups attached to an aromatic ring is 1. The van der Waals surface area contributed by atoms with Crippen LogP contribution in [-0.2, 0) is 0 Å². The van der Waals surface area contributed by atoms with Crippen LogP contribution in [0.5, 0.6) is 0 Å². The van der Waals surface area contributed by atoms with Gasteiger partial charge in [0.05, 0.1) is 5.56 Å². The van der Waals surface area contributed by atoms with E-state index in [9.17, 15) is 14.7 Å². The average molecular weight is 369 g/mol. The van der Waals surface area contributed by atoms with E-state index in [1.807, 2.05) is 12.1 Å². The quantitative estimate of drug-likeness (QED) is 0.270. The van der Waals surface area contributed by atoms with Gasteiger partial charge in [0, 0.05) is 11.6 Å². The Kier molecular flexibility index (Phi) is 6.21. The van der Waals surface area contributed by atoms with Gasteiger partial charge < -0.3 is 10.8 Å². The third-order valence-electron chi connectivity index (χ3n) is 5.56. The predicted molar refractivity (Wildman–Crippen MR) is 105 cm³/mol.